The standard InChI is InChI=1S/C11H20N4O2S2/c1-14(8-10-7-13-11(12)18-10)9-3-5-15(6-4-9)19(2,16)17/h7,9H,3-6,8H2,1-2H3,(H2,12,13). The zero-order chi connectivity index (χ0) is 14.0. The molecule has 0 aromatic carbocycles. The molecule has 1 fully saturated rings. The second-order valence-corrected chi connectivity index (χ2v) is 8.10. The van der Waals surface area contributed by atoms with Crippen LogP contribution in [0.4, 0.5) is 5.13 Å². The Kier molecular flexibility index (Phi) is 4.44. The van der Waals surface area contributed by atoms with Crippen molar-refractivity contribution in [3.05, 3.63) is 11.1 Å². The number of hydrogen-bond donors (Lipinski definition) is 1. The summed E-state index contributed by atoms with van der Waals surface area (Å²) in [5.74, 6) is 0. The van der Waals surface area contributed by atoms with Crippen molar-refractivity contribution < 1.29 is 8.42 Å². The fourth-order valence-corrected chi connectivity index (χ4v) is 4.01. The van der Waals surface area contributed by atoms with Gasteiger partial charge in [0.05, 0.1) is 6.26 Å². The third kappa shape index (κ3) is 3.88. The first kappa shape index (κ1) is 14.7. The van der Waals surface area contributed by atoms with Crippen molar-refractivity contribution in [1.82, 2.24) is 14.2 Å². The summed E-state index contributed by atoms with van der Waals surface area (Å²) in [7, 11) is -0.974. The van der Waals surface area contributed by atoms with Crippen molar-refractivity contribution in [2.75, 3.05) is 32.1 Å². The van der Waals surface area contributed by atoms with E-state index in [1.807, 2.05) is 6.20 Å². The van der Waals surface area contributed by atoms with E-state index in [4.69, 9.17) is 5.73 Å². The van der Waals surface area contributed by atoms with Crippen LogP contribution in [0.3, 0.4) is 0 Å². The maximum atomic E-state index is 11.4. The van der Waals surface area contributed by atoms with Crippen molar-refractivity contribution in [2.45, 2.75) is 25.4 Å². The Morgan fingerprint density at radius 2 is 2.16 bits per heavy atom. The largest absolute Gasteiger partial charge is 0.375 e. The van der Waals surface area contributed by atoms with Gasteiger partial charge in [-0.3, -0.25) is 4.90 Å². The Balaban J connectivity index is 1.87. The minimum absolute atomic E-state index is 0.418. The molecule has 6 nitrogen and oxygen atoms in total. The van der Waals surface area contributed by atoms with E-state index in [1.165, 1.54) is 17.6 Å². The maximum Gasteiger partial charge on any atom is 0.211 e. The smallest absolute Gasteiger partial charge is 0.211 e. The molecule has 1 aliphatic heterocycles. The van der Waals surface area contributed by atoms with Crippen LogP contribution in [0.1, 0.15) is 17.7 Å². The highest BCUT2D eigenvalue weighted by Gasteiger charge is 2.27. The van der Waals surface area contributed by atoms with Gasteiger partial charge in [0.2, 0.25) is 10.0 Å². The molecular formula is C11H20N4O2S2. The number of aromatic nitrogens is 1. The molecule has 1 aromatic heterocycles. The van der Waals surface area contributed by atoms with Crippen LogP contribution in [0, 0.1) is 0 Å². The molecule has 1 saturated heterocycles. The molecule has 0 spiro atoms. The Morgan fingerprint density at radius 1 is 1.53 bits per heavy atom. The van der Waals surface area contributed by atoms with Crippen LogP contribution in [-0.2, 0) is 16.6 Å². The Morgan fingerprint density at radius 3 is 2.63 bits per heavy atom. The van der Waals surface area contributed by atoms with Gasteiger partial charge in [-0.05, 0) is 19.9 Å². The quantitative estimate of drug-likeness (QED) is 0.880. The van der Waals surface area contributed by atoms with Crippen molar-refractivity contribution >= 4 is 26.5 Å². The summed E-state index contributed by atoms with van der Waals surface area (Å²) >= 11 is 1.50. The number of nitrogens with zero attached hydrogens (tertiary/aromatic N) is 3. The van der Waals surface area contributed by atoms with Crippen LogP contribution in [-0.4, -0.2) is 55.0 Å². The van der Waals surface area contributed by atoms with Crippen molar-refractivity contribution in [1.29, 1.82) is 0 Å². The molecule has 0 unspecified atom stereocenters. The Bertz CT molecular complexity index is 521. The Hall–Kier alpha value is -0.700. The number of piperidine rings is 1. The number of sulfonamides is 1. The molecule has 1 aliphatic rings. The first-order valence-electron chi connectivity index (χ1n) is 6.22. The van der Waals surface area contributed by atoms with E-state index >= 15 is 0 Å². The summed E-state index contributed by atoms with van der Waals surface area (Å²) in [6.45, 7) is 2.04. The lowest BCUT2D eigenvalue weighted by Gasteiger charge is -2.35. The number of anilines is 1. The van der Waals surface area contributed by atoms with E-state index < -0.39 is 10.0 Å². The van der Waals surface area contributed by atoms with E-state index in [1.54, 1.807) is 4.31 Å². The van der Waals surface area contributed by atoms with Crippen LogP contribution in [0.15, 0.2) is 6.20 Å². The lowest BCUT2D eigenvalue weighted by Crippen LogP contribution is -2.44. The van der Waals surface area contributed by atoms with Crippen LogP contribution in [0.25, 0.3) is 0 Å². The molecule has 108 valence electrons. The summed E-state index contributed by atoms with van der Waals surface area (Å²) in [5.41, 5.74) is 5.61. The maximum absolute atomic E-state index is 11.4. The molecule has 2 heterocycles. The van der Waals surface area contributed by atoms with Gasteiger partial charge in [0.15, 0.2) is 5.13 Å². The summed E-state index contributed by atoms with van der Waals surface area (Å²) in [4.78, 5) is 7.44. The summed E-state index contributed by atoms with van der Waals surface area (Å²) in [6.07, 6.45) is 4.83. The molecule has 0 amide bonds. The second kappa shape index (κ2) is 5.74. The highest BCUT2D eigenvalue weighted by atomic mass is 32.2. The Labute approximate surface area is 118 Å². The molecule has 2 N–H and O–H groups in total. The predicted molar refractivity (Wildman–Crippen MR) is 77.4 cm³/mol. The van der Waals surface area contributed by atoms with Crippen LogP contribution >= 0.6 is 11.3 Å². The molecular weight excluding hydrogens is 284 g/mol. The van der Waals surface area contributed by atoms with E-state index in [0.29, 0.717) is 24.3 Å². The van der Waals surface area contributed by atoms with Crippen LogP contribution < -0.4 is 5.73 Å². The fraction of sp³-hybridized carbons (Fsp3) is 0.727. The molecule has 8 heteroatoms. The average molecular weight is 304 g/mol. The zero-order valence-electron chi connectivity index (χ0n) is 11.2. The van der Waals surface area contributed by atoms with Crippen LogP contribution in [0.5, 0.6) is 0 Å². The van der Waals surface area contributed by atoms with E-state index in [-0.39, 0.29) is 0 Å². The predicted octanol–water partition coefficient (Wildman–Crippen LogP) is 0.581. The molecule has 19 heavy (non-hydrogen) atoms. The molecule has 0 bridgehead atoms. The fourth-order valence-electron chi connectivity index (χ4n) is 2.39. The van der Waals surface area contributed by atoms with Gasteiger partial charge in [-0.25, -0.2) is 17.7 Å². The molecule has 0 aliphatic carbocycles. The summed E-state index contributed by atoms with van der Waals surface area (Å²) in [6, 6.07) is 0.418. The van der Waals surface area contributed by atoms with Crippen molar-refractivity contribution in [2.24, 2.45) is 0 Å². The first-order valence-corrected chi connectivity index (χ1v) is 8.88. The second-order valence-electron chi connectivity index (χ2n) is 4.97. The highest BCUT2D eigenvalue weighted by molar-refractivity contribution is 7.88. The number of hydrogen-bond acceptors (Lipinski definition) is 6. The minimum atomic E-state index is -3.04. The number of rotatable bonds is 4. The summed E-state index contributed by atoms with van der Waals surface area (Å²) in [5, 5.41) is 0.593. The van der Waals surface area contributed by atoms with E-state index in [2.05, 4.69) is 16.9 Å². The normalized spacial score (nSPS) is 19.1. The van der Waals surface area contributed by atoms with Crippen molar-refractivity contribution in [3.8, 4) is 0 Å². The molecule has 0 atom stereocenters. The van der Waals surface area contributed by atoms with Gasteiger partial charge in [0.1, 0.15) is 0 Å². The van der Waals surface area contributed by atoms with Crippen molar-refractivity contribution in [3.63, 3.8) is 0 Å². The lowest BCUT2D eigenvalue weighted by atomic mass is 10.1. The third-order valence-corrected chi connectivity index (χ3v) is 5.61. The molecule has 2 rings (SSSR count). The zero-order valence-corrected chi connectivity index (χ0v) is 12.9. The van der Waals surface area contributed by atoms with Gasteiger partial charge in [-0.1, -0.05) is 0 Å². The van der Waals surface area contributed by atoms with Gasteiger partial charge >= 0.3 is 0 Å². The first-order chi connectivity index (χ1) is 8.86. The number of thiazole rings is 1. The third-order valence-electron chi connectivity index (χ3n) is 3.49. The van der Waals surface area contributed by atoms with Gasteiger partial charge < -0.3 is 5.73 Å². The SMILES string of the molecule is CN(Cc1cnc(N)s1)C1CCN(S(C)(=O)=O)CC1. The topological polar surface area (TPSA) is 79.5 Å². The van der Waals surface area contributed by atoms with E-state index in [0.717, 1.165) is 24.3 Å². The molecule has 0 saturated carbocycles. The summed E-state index contributed by atoms with van der Waals surface area (Å²) < 4.78 is 24.5. The average Bonchev–Trinajstić information content (AvgIpc) is 2.74. The number of nitrogen functional groups attached to an aromatic ring is 1. The minimum Gasteiger partial charge on any atom is -0.375 e. The van der Waals surface area contributed by atoms with Gasteiger partial charge in [0, 0.05) is 36.8 Å². The molecule has 0 radical (unpaired) electrons. The molecule has 1 aromatic rings. The van der Waals surface area contributed by atoms with Gasteiger partial charge in [-0.2, -0.15) is 0 Å². The lowest BCUT2D eigenvalue weighted by molar-refractivity contribution is 0.163. The van der Waals surface area contributed by atoms with Gasteiger partial charge in [0.25, 0.3) is 0 Å². The number of nitrogens with two attached hydrogens (primary N) is 1. The monoisotopic (exact) mass is 304 g/mol. The van der Waals surface area contributed by atoms with E-state index in [9.17, 15) is 8.42 Å². The highest BCUT2D eigenvalue weighted by Crippen LogP contribution is 2.21. The van der Waals surface area contributed by atoms with Gasteiger partial charge in [-0.15, -0.1) is 11.3 Å². The van der Waals surface area contributed by atoms with Crippen LogP contribution in [0.2, 0.25) is 0 Å².